The van der Waals surface area contributed by atoms with Crippen molar-refractivity contribution >= 4 is 11.9 Å². The van der Waals surface area contributed by atoms with Gasteiger partial charge < -0.3 is 16.4 Å². The molecule has 3 aliphatic rings. The highest BCUT2D eigenvalue weighted by Gasteiger charge is 2.41. The third kappa shape index (κ3) is 6.55. The molecule has 2 heterocycles. The predicted octanol–water partition coefficient (Wildman–Crippen LogP) is 5.47. The van der Waals surface area contributed by atoms with Gasteiger partial charge in [0, 0.05) is 36.8 Å². The van der Waals surface area contributed by atoms with Gasteiger partial charge in [0.15, 0.2) is 0 Å². The van der Waals surface area contributed by atoms with Crippen LogP contribution in [0.4, 0.5) is 9.18 Å². The maximum Gasteiger partial charge on any atom is 0.315 e. The molecule has 4 N–H and O–H groups in total. The number of piperidine rings is 1. The molecule has 5 rings (SSSR count). The fourth-order valence-electron chi connectivity index (χ4n) is 7.11. The summed E-state index contributed by atoms with van der Waals surface area (Å²) in [4.78, 5) is 27.2. The molecule has 1 saturated carbocycles. The van der Waals surface area contributed by atoms with Gasteiger partial charge in [0.05, 0.1) is 0 Å². The number of urea groups is 1. The molecule has 3 amide bonds. The lowest BCUT2D eigenvalue weighted by atomic mass is 9.81. The molecule has 2 aromatic carbocycles. The largest absolute Gasteiger partial charge is 0.366 e. The van der Waals surface area contributed by atoms with Crippen LogP contribution in [-0.4, -0.2) is 41.5 Å². The van der Waals surface area contributed by atoms with E-state index in [1.54, 1.807) is 18.2 Å². The SMILES string of the molecule is NC(=O)c1cccc(C2C[C@H]3CC[C@H](C2)N3CCC(NC(=O)NCc2ccc(F)cc2)C2CCCCC2)c1. The number of amides is 3. The van der Waals surface area contributed by atoms with Crippen molar-refractivity contribution < 1.29 is 14.0 Å². The lowest BCUT2D eigenvalue weighted by Crippen LogP contribution is -2.49. The van der Waals surface area contributed by atoms with E-state index in [2.05, 4.69) is 21.6 Å². The number of benzene rings is 2. The van der Waals surface area contributed by atoms with Crippen LogP contribution >= 0.6 is 0 Å². The highest BCUT2D eigenvalue weighted by atomic mass is 19.1. The van der Waals surface area contributed by atoms with Gasteiger partial charge in [-0.1, -0.05) is 43.5 Å². The number of halogens is 1. The Hall–Kier alpha value is -2.93. The van der Waals surface area contributed by atoms with Crippen LogP contribution in [0.2, 0.25) is 0 Å². The second-order valence-corrected chi connectivity index (χ2v) is 11.5. The molecule has 204 valence electrons. The Morgan fingerprint density at radius 3 is 2.37 bits per heavy atom. The van der Waals surface area contributed by atoms with Crippen LogP contribution in [0.3, 0.4) is 0 Å². The fourth-order valence-corrected chi connectivity index (χ4v) is 7.11. The van der Waals surface area contributed by atoms with Crippen molar-refractivity contribution in [1.29, 1.82) is 0 Å². The Kier molecular flexibility index (Phi) is 8.62. The van der Waals surface area contributed by atoms with Gasteiger partial charge in [-0.25, -0.2) is 9.18 Å². The molecule has 6 nitrogen and oxygen atoms in total. The van der Waals surface area contributed by atoms with E-state index in [9.17, 15) is 14.0 Å². The molecule has 38 heavy (non-hydrogen) atoms. The zero-order valence-electron chi connectivity index (χ0n) is 22.2. The minimum atomic E-state index is -0.366. The fraction of sp³-hybridized carbons (Fsp3) is 0.548. The number of nitrogens with one attached hydrogen (secondary N) is 2. The summed E-state index contributed by atoms with van der Waals surface area (Å²) in [7, 11) is 0. The molecular weight excluding hydrogens is 479 g/mol. The molecule has 1 aliphatic carbocycles. The number of carbonyl (C=O) groups excluding carboxylic acids is 2. The first-order chi connectivity index (χ1) is 18.5. The highest BCUT2D eigenvalue weighted by Crippen LogP contribution is 2.43. The van der Waals surface area contributed by atoms with E-state index in [1.165, 1.54) is 62.6 Å². The zero-order valence-corrected chi connectivity index (χ0v) is 22.2. The second kappa shape index (κ2) is 12.3. The smallest absolute Gasteiger partial charge is 0.315 e. The summed E-state index contributed by atoms with van der Waals surface area (Å²) in [6, 6.07) is 15.2. The Labute approximate surface area is 225 Å². The molecule has 2 bridgehead atoms. The Bertz CT molecular complexity index is 1090. The number of fused-ring (bicyclic) bond motifs is 2. The molecule has 2 aromatic rings. The van der Waals surface area contributed by atoms with Crippen molar-refractivity contribution in [3.63, 3.8) is 0 Å². The number of nitrogens with two attached hydrogens (primary N) is 1. The molecule has 2 aliphatic heterocycles. The minimum Gasteiger partial charge on any atom is -0.366 e. The van der Waals surface area contributed by atoms with E-state index < -0.39 is 0 Å². The predicted molar refractivity (Wildman–Crippen MR) is 147 cm³/mol. The van der Waals surface area contributed by atoms with Crippen LogP contribution in [-0.2, 0) is 6.54 Å². The summed E-state index contributed by atoms with van der Waals surface area (Å²) in [5.41, 5.74) is 8.24. The second-order valence-electron chi connectivity index (χ2n) is 11.5. The van der Waals surface area contributed by atoms with Crippen LogP contribution in [0.1, 0.15) is 91.6 Å². The highest BCUT2D eigenvalue weighted by molar-refractivity contribution is 5.92. The Morgan fingerprint density at radius 2 is 1.68 bits per heavy atom. The normalized spacial score (nSPS) is 24.6. The van der Waals surface area contributed by atoms with Crippen molar-refractivity contribution in [2.45, 2.75) is 94.8 Å². The zero-order chi connectivity index (χ0) is 26.5. The Balaban J connectivity index is 1.18. The summed E-state index contributed by atoms with van der Waals surface area (Å²) in [6.45, 7) is 1.39. The van der Waals surface area contributed by atoms with Gasteiger partial charge in [-0.3, -0.25) is 9.69 Å². The van der Waals surface area contributed by atoms with Crippen molar-refractivity contribution in [3.05, 3.63) is 71.0 Å². The van der Waals surface area contributed by atoms with Gasteiger partial charge in [-0.15, -0.1) is 0 Å². The first-order valence-electron chi connectivity index (χ1n) is 14.4. The van der Waals surface area contributed by atoms with Crippen molar-refractivity contribution in [3.8, 4) is 0 Å². The number of hydrogen-bond acceptors (Lipinski definition) is 3. The average molecular weight is 521 g/mol. The standard InChI is InChI=1S/C31H41FN4O2/c32-26-11-9-21(10-12-26)20-34-31(38)35-29(22-5-2-1-3-6-22)15-16-36-27-13-14-28(36)19-25(18-27)23-7-4-8-24(17-23)30(33)37/h4,7-12,17,22,25,27-29H,1-3,5-6,13-16,18-20H2,(H2,33,37)(H2,34,35,38)/t27-,28-,29?/m1/s1. The van der Waals surface area contributed by atoms with E-state index >= 15 is 0 Å². The number of primary amides is 1. The first kappa shape index (κ1) is 26.7. The van der Waals surface area contributed by atoms with Crippen LogP contribution in [0.5, 0.6) is 0 Å². The topological polar surface area (TPSA) is 87.5 Å². The maximum absolute atomic E-state index is 13.2. The third-order valence-electron chi connectivity index (χ3n) is 9.13. The number of rotatable bonds is 9. The van der Waals surface area contributed by atoms with E-state index in [-0.39, 0.29) is 23.8 Å². The lowest BCUT2D eigenvalue weighted by molar-refractivity contribution is 0.1000. The lowest BCUT2D eigenvalue weighted by Gasteiger charge is -2.40. The number of nitrogens with zero attached hydrogens (tertiary/aromatic N) is 1. The quantitative estimate of drug-likeness (QED) is 0.410. The van der Waals surface area contributed by atoms with Crippen LogP contribution in [0.25, 0.3) is 0 Å². The van der Waals surface area contributed by atoms with E-state index in [4.69, 9.17) is 5.73 Å². The van der Waals surface area contributed by atoms with Gasteiger partial charge >= 0.3 is 6.03 Å². The van der Waals surface area contributed by atoms with Crippen LogP contribution < -0.4 is 16.4 Å². The molecule has 0 radical (unpaired) electrons. The monoisotopic (exact) mass is 520 g/mol. The molecular formula is C31H41FN4O2. The summed E-state index contributed by atoms with van der Waals surface area (Å²) >= 11 is 0. The van der Waals surface area contributed by atoms with E-state index in [0.717, 1.165) is 31.4 Å². The summed E-state index contributed by atoms with van der Waals surface area (Å²) in [6.07, 6.45) is 11.7. The van der Waals surface area contributed by atoms with E-state index in [1.807, 2.05) is 12.1 Å². The van der Waals surface area contributed by atoms with Gasteiger partial charge in [0.2, 0.25) is 5.91 Å². The van der Waals surface area contributed by atoms with Crippen LogP contribution in [0, 0.1) is 11.7 Å². The van der Waals surface area contributed by atoms with Crippen LogP contribution in [0.15, 0.2) is 48.5 Å². The van der Waals surface area contributed by atoms with Gasteiger partial charge in [-0.2, -0.15) is 0 Å². The Morgan fingerprint density at radius 1 is 0.974 bits per heavy atom. The van der Waals surface area contributed by atoms with E-state index in [0.29, 0.717) is 36.0 Å². The van der Waals surface area contributed by atoms with Gasteiger partial charge in [0.25, 0.3) is 0 Å². The van der Waals surface area contributed by atoms with Crippen molar-refractivity contribution in [2.75, 3.05) is 6.54 Å². The molecule has 0 aromatic heterocycles. The molecule has 7 heteroatoms. The molecule has 3 atom stereocenters. The van der Waals surface area contributed by atoms with Gasteiger partial charge in [0.1, 0.15) is 5.82 Å². The molecule has 2 saturated heterocycles. The number of carbonyl (C=O) groups is 2. The molecule has 0 spiro atoms. The van der Waals surface area contributed by atoms with Crippen molar-refractivity contribution in [2.24, 2.45) is 11.7 Å². The molecule has 1 unspecified atom stereocenters. The number of hydrogen-bond donors (Lipinski definition) is 3. The summed E-state index contributed by atoms with van der Waals surface area (Å²) in [5, 5.41) is 6.29. The average Bonchev–Trinajstić information content (AvgIpc) is 3.17. The summed E-state index contributed by atoms with van der Waals surface area (Å²) in [5.74, 6) is 0.350. The van der Waals surface area contributed by atoms with Gasteiger partial charge in [-0.05, 0) is 92.2 Å². The van der Waals surface area contributed by atoms with Crippen molar-refractivity contribution in [1.82, 2.24) is 15.5 Å². The maximum atomic E-state index is 13.2. The summed E-state index contributed by atoms with van der Waals surface area (Å²) < 4.78 is 13.2. The third-order valence-corrected chi connectivity index (χ3v) is 9.13. The minimum absolute atomic E-state index is 0.138. The molecule has 3 fully saturated rings. The first-order valence-corrected chi connectivity index (χ1v) is 14.4.